The number of anilines is 1. The zero-order valence-electron chi connectivity index (χ0n) is 11.6. The molecule has 0 amide bonds. The maximum atomic E-state index is 5.78. The second-order valence-electron chi connectivity index (χ2n) is 5.45. The molecule has 2 aliphatic heterocycles. The Morgan fingerprint density at radius 3 is 2.47 bits per heavy atom. The first kappa shape index (κ1) is 12.9. The molecular weight excluding hydrogens is 238 g/mol. The highest BCUT2D eigenvalue weighted by molar-refractivity contribution is 5.48. The Morgan fingerprint density at radius 1 is 1.11 bits per heavy atom. The molecule has 1 N–H and O–H groups in total. The summed E-state index contributed by atoms with van der Waals surface area (Å²) in [5.74, 6) is 0. The van der Waals surface area contributed by atoms with E-state index in [9.17, 15) is 0 Å². The van der Waals surface area contributed by atoms with Crippen molar-refractivity contribution in [2.45, 2.75) is 6.10 Å². The average Bonchev–Trinajstić information content (AvgIpc) is 2.49. The van der Waals surface area contributed by atoms with Gasteiger partial charge in [0.2, 0.25) is 0 Å². The van der Waals surface area contributed by atoms with E-state index in [0.29, 0.717) is 0 Å². The lowest BCUT2D eigenvalue weighted by Crippen LogP contribution is -2.44. The highest BCUT2D eigenvalue weighted by Crippen LogP contribution is 2.23. The third kappa shape index (κ3) is 3.08. The van der Waals surface area contributed by atoms with Crippen molar-refractivity contribution in [2.75, 3.05) is 57.8 Å². The van der Waals surface area contributed by atoms with E-state index in [1.807, 2.05) is 0 Å². The molecule has 1 atom stereocenters. The van der Waals surface area contributed by atoms with Crippen LogP contribution in [-0.2, 0) is 4.74 Å². The van der Waals surface area contributed by atoms with Gasteiger partial charge in [0, 0.05) is 45.0 Å². The Morgan fingerprint density at radius 2 is 1.84 bits per heavy atom. The summed E-state index contributed by atoms with van der Waals surface area (Å²) >= 11 is 0. The average molecular weight is 261 g/mol. The van der Waals surface area contributed by atoms with Crippen LogP contribution in [0, 0.1) is 0 Å². The molecule has 1 aromatic carbocycles. The highest BCUT2D eigenvalue weighted by Gasteiger charge is 2.17. The second-order valence-corrected chi connectivity index (χ2v) is 5.45. The number of hydrogen-bond acceptors (Lipinski definition) is 4. The van der Waals surface area contributed by atoms with Gasteiger partial charge in [-0.15, -0.1) is 0 Å². The van der Waals surface area contributed by atoms with Gasteiger partial charge in [-0.25, -0.2) is 0 Å². The summed E-state index contributed by atoms with van der Waals surface area (Å²) in [7, 11) is 2.19. The lowest BCUT2D eigenvalue weighted by atomic mass is 10.1. The SMILES string of the molecule is CN1CCN(c2ccc([C@H]3CNCCO3)cc2)CC1. The molecular formula is C15H23N3O. The summed E-state index contributed by atoms with van der Waals surface area (Å²) in [6.07, 6.45) is 0.218. The number of benzene rings is 1. The van der Waals surface area contributed by atoms with Crippen molar-refractivity contribution >= 4 is 5.69 Å². The van der Waals surface area contributed by atoms with E-state index in [2.05, 4.69) is 46.4 Å². The van der Waals surface area contributed by atoms with Crippen molar-refractivity contribution in [3.63, 3.8) is 0 Å². The zero-order chi connectivity index (χ0) is 13.1. The van der Waals surface area contributed by atoms with E-state index >= 15 is 0 Å². The number of piperazine rings is 1. The normalized spacial score (nSPS) is 25.5. The van der Waals surface area contributed by atoms with E-state index < -0.39 is 0 Å². The fourth-order valence-electron chi connectivity index (χ4n) is 2.74. The standard InChI is InChI=1S/C15H23N3O/c1-17-7-9-18(10-8-17)14-4-2-13(3-5-14)15-12-16-6-11-19-15/h2-5,15-16H,6-12H2,1H3/t15-/m1/s1. The third-order valence-electron chi connectivity index (χ3n) is 4.06. The number of nitrogens with zero attached hydrogens (tertiary/aromatic N) is 2. The lowest BCUT2D eigenvalue weighted by Gasteiger charge is -2.34. The van der Waals surface area contributed by atoms with E-state index in [4.69, 9.17) is 4.74 Å². The van der Waals surface area contributed by atoms with Crippen LogP contribution in [0.1, 0.15) is 11.7 Å². The summed E-state index contributed by atoms with van der Waals surface area (Å²) < 4.78 is 5.78. The molecule has 3 rings (SSSR count). The fourth-order valence-corrected chi connectivity index (χ4v) is 2.74. The summed E-state index contributed by atoms with van der Waals surface area (Å²) in [6.45, 7) is 7.25. The molecule has 104 valence electrons. The van der Waals surface area contributed by atoms with Gasteiger partial charge in [0.1, 0.15) is 0 Å². The number of ether oxygens (including phenoxy) is 1. The van der Waals surface area contributed by atoms with E-state index in [-0.39, 0.29) is 6.10 Å². The van der Waals surface area contributed by atoms with Gasteiger partial charge in [-0.1, -0.05) is 12.1 Å². The number of hydrogen-bond donors (Lipinski definition) is 1. The zero-order valence-corrected chi connectivity index (χ0v) is 11.6. The van der Waals surface area contributed by atoms with E-state index in [1.54, 1.807) is 0 Å². The number of likely N-dealkylation sites (N-methyl/N-ethyl adjacent to an activating group) is 1. The molecule has 0 aromatic heterocycles. The van der Waals surface area contributed by atoms with Crippen LogP contribution in [0.5, 0.6) is 0 Å². The summed E-state index contributed by atoms with van der Waals surface area (Å²) in [6, 6.07) is 8.90. The quantitative estimate of drug-likeness (QED) is 0.863. The fraction of sp³-hybridized carbons (Fsp3) is 0.600. The molecule has 0 unspecified atom stereocenters. The first-order chi connectivity index (χ1) is 9.33. The van der Waals surface area contributed by atoms with Crippen molar-refractivity contribution in [1.29, 1.82) is 0 Å². The summed E-state index contributed by atoms with van der Waals surface area (Å²) in [5.41, 5.74) is 2.62. The van der Waals surface area contributed by atoms with Gasteiger partial charge in [0.15, 0.2) is 0 Å². The third-order valence-corrected chi connectivity index (χ3v) is 4.06. The molecule has 0 bridgehead atoms. The van der Waals surface area contributed by atoms with Crippen LogP contribution in [0.2, 0.25) is 0 Å². The predicted octanol–water partition coefficient (Wildman–Crippen LogP) is 1.10. The van der Waals surface area contributed by atoms with Gasteiger partial charge in [-0.3, -0.25) is 0 Å². The molecule has 2 fully saturated rings. The van der Waals surface area contributed by atoms with E-state index in [0.717, 1.165) is 45.9 Å². The van der Waals surface area contributed by atoms with Crippen LogP contribution in [0.25, 0.3) is 0 Å². The Hall–Kier alpha value is -1.10. The van der Waals surface area contributed by atoms with Crippen LogP contribution in [0.4, 0.5) is 5.69 Å². The Balaban J connectivity index is 1.65. The largest absolute Gasteiger partial charge is 0.371 e. The monoisotopic (exact) mass is 261 g/mol. The predicted molar refractivity (Wildman–Crippen MR) is 77.7 cm³/mol. The van der Waals surface area contributed by atoms with Gasteiger partial charge >= 0.3 is 0 Å². The molecule has 19 heavy (non-hydrogen) atoms. The van der Waals surface area contributed by atoms with Crippen molar-refractivity contribution in [3.05, 3.63) is 29.8 Å². The molecule has 2 aliphatic rings. The van der Waals surface area contributed by atoms with Crippen LogP contribution in [0.15, 0.2) is 24.3 Å². The Kier molecular flexibility index (Phi) is 4.01. The van der Waals surface area contributed by atoms with Gasteiger partial charge in [0.25, 0.3) is 0 Å². The van der Waals surface area contributed by atoms with Crippen molar-refractivity contribution in [2.24, 2.45) is 0 Å². The second kappa shape index (κ2) is 5.90. The summed E-state index contributed by atoms with van der Waals surface area (Å²) in [4.78, 5) is 4.84. The van der Waals surface area contributed by atoms with Crippen LogP contribution in [0.3, 0.4) is 0 Å². The first-order valence-corrected chi connectivity index (χ1v) is 7.19. The Labute approximate surface area is 115 Å². The first-order valence-electron chi connectivity index (χ1n) is 7.19. The Bertz CT molecular complexity index is 392. The molecule has 0 saturated carbocycles. The maximum absolute atomic E-state index is 5.78. The molecule has 0 radical (unpaired) electrons. The lowest BCUT2D eigenvalue weighted by molar-refractivity contribution is 0.0277. The topological polar surface area (TPSA) is 27.7 Å². The van der Waals surface area contributed by atoms with Crippen molar-refractivity contribution in [1.82, 2.24) is 10.2 Å². The molecule has 4 heteroatoms. The molecule has 4 nitrogen and oxygen atoms in total. The van der Waals surface area contributed by atoms with Crippen LogP contribution in [-0.4, -0.2) is 57.8 Å². The van der Waals surface area contributed by atoms with Gasteiger partial charge in [-0.05, 0) is 24.7 Å². The minimum absolute atomic E-state index is 0.218. The van der Waals surface area contributed by atoms with Crippen molar-refractivity contribution < 1.29 is 4.74 Å². The van der Waals surface area contributed by atoms with Gasteiger partial charge < -0.3 is 19.9 Å². The number of morpholine rings is 1. The molecule has 2 saturated heterocycles. The molecule has 1 aromatic rings. The number of nitrogens with one attached hydrogen (secondary N) is 1. The minimum atomic E-state index is 0.218. The van der Waals surface area contributed by atoms with Gasteiger partial charge in [0.05, 0.1) is 12.7 Å². The van der Waals surface area contributed by atoms with Crippen LogP contribution >= 0.6 is 0 Å². The maximum Gasteiger partial charge on any atom is 0.0949 e. The van der Waals surface area contributed by atoms with Crippen molar-refractivity contribution in [3.8, 4) is 0 Å². The highest BCUT2D eigenvalue weighted by atomic mass is 16.5. The molecule has 2 heterocycles. The summed E-state index contributed by atoms with van der Waals surface area (Å²) in [5, 5.41) is 3.38. The molecule has 0 spiro atoms. The van der Waals surface area contributed by atoms with Crippen LogP contribution < -0.4 is 10.2 Å². The smallest absolute Gasteiger partial charge is 0.0949 e. The van der Waals surface area contributed by atoms with E-state index in [1.165, 1.54) is 11.3 Å². The van der Waals surface area contributed by atoms with Gasteiger partial charge in [-0.2, -0.15) is 0 Å². The number of rotatable bonds is 2. The minimum Gasteiger partial charge on any atom is -0.371 e. The molecule has 0 aliphatic carbocycles.